The number of amides is 2. The molecule has 0 spiro atoms. The van der Waals surface area contributed by atoms with E-state index < -0.39 is 17.7 Å². The fraction of sp³-hybridized carbons (Fsp3) is 0.308. The molecule has 1 aromatic rings. The van der Waals surface area contributed by atoms with Crippen LogP contribution in [0.25, 0.3) is 0 Å². The van der Waals surface area contributed by atoms with Gasteiger partial charge in [0, 0.05) is 17.5 Å². The van der Waals surface area contributed by atoms with Crippen molar-refractivity contribution in [2.75, 3.05) is 0 Å². The third-order valence-corrected chi connectivity index (χ3v) is 3.10. The van der Waals surface area contributed by atoms with Crippen LogP contribution in [0.2, 0.25) is 5.02 Å². The molecular formula is C13H14ClN3O2. The summed E-state index contributed by atoms with van der Waals surface area (Å²) in [4.78, 5) is 27.9. The third-order valence-electron chi connectivity index (χ3n) is 2.75. The number of aliphatic imine (C=N–C) groups is 1. The standard InChI is InChI=1S/C13H14ClN3O2/c1-7(15)6-10-16-12(18)11(13(19)17-10)8-4-2-3-5-9(8)14/h2-5,7,11H,6,15H2,1H3,(H,16,17,18,19). The van der Waals surface area contributed by atoms with E-state index in [-0.39, 0.29) is 6.04 Å². The number of nitrogens with zero attached hydrogens (tertiary/aromatic N) is 1. The number of benzene rings is 1. The van der Waals surface area contributed by atoms with E-state index in [0.29, 0.717) is 22.8 Å². The Balaban J connectivity index is 2.31. The molecule has 0 aliphatic carbocycles. The maximum absolute atomic E-state index is 12.0. The van der Waals surface area contributed by atoms with Crippen LogP contribution in [0.15, 0.2) is 29.3 Å². The first-order valence-corrected chi connectivity index (χ1v) is 6.29. The van der Waals surface area contributed by atoms with Crippen LogP contribution in [0.4, 0.5) is 0 Å². The molecule has 19 heavy (non-hydrogen) atoms. The smallest absolute Gasteiger partial charge is 0.264 e. The minimum Gasteiger partial charge on any atom is -0.328 e. The first kappa shape index (κ1) is 13.7. The second kappa shape index (κ2) is 5.50. The van der Waals surface area contributed by atoms with E-state index in [9.17, 15) is 9.59 Å². The van der Waals surface area contributed by atoms with E-state index >= 15 is 0 Å². The number of nitrogens with one attached hydrogen (secondary N) is 1. The molecule has 3 N–H and O–H groups in total. The highest BCUT2D eigenvalue weighted by Crippen LogP contribution is 2.27. The Hall–Kier alpha value is -1.72. The van der Waals surface area contributed by atoms with E-state index in [0.717, 1.165) is 0 Å². The lowest BCUT2D eigenvalue weighted by atomic mass is 9.96. The van der Waals surface area contributed by atoms with E-state index in [2.05, 4.69) is 10.3 Å². The Morgan fingerprint density at radius 1 is 1.42 bits per heavy atom. The highest BCUT2D eigenvalue weighted by molar-refractivity contribution is 6.32. The molecule has 1 aliphatic heterocycles. The van der Waals surface area contributed by atoms with Gasteiger partial charge in [0.25, 0.3) is 5.91 Å². The molecule has 6 heteroatoms. The monoisotopic (exact) mass is 279 g/mol. The van der Waals surface area contributed by atoms with E-state index in [1.807, 2.05) is 0 Å². The summed E-state index contributed by atoms with van der Waals surface area (Å²) in [6, 6.07) is 6.57. The van der Waals surface area contributed by atoms with Crippen LogP contribution in [-0.2, 0) is 9.59 Å². The molecule has 0 aromatic heterocycles. The molecule has 2 unspecified atom stereocenters. The molecule has 0 saturated heterocycles. The molecule has 0 saturated carbocycles. The topological polar surface area (TPSA) is 84.5 Å². The SMILES string of the molecule is CC(N)CC1=NC(=O)C(c2ccccc2Cl)C(=O)N1. The summed E-state index contributed by atoms with van der Waals surface area (Å²) in [7, 11) is 0. The Kier molecular flexibility index (Phi) is 3.97. The van der Waals surface area contributed by atoms with Crippen molar-refractivity contribution in [3.63, 3.8) is 0 Å². The fourth-order valence-electron chi connectivity index (χ4n) is 1.94. The normalized spacial score (nSPS) is 20.8. The number of amidine groups is 1. The maximum Gasteiger partial charge on any atom is 0.264 e. The van der Waals surface area contributed by atoms with Crippen LogP contribution in [0.1, 0.15) is 24.8 Å². The molecule has 1 aromatic carbocycles. The van der Waals surface area contributed by atoms with E-state index in [1.54, 1.807) is 31.2 Å². The molecule has 0 radical (unpaired) electrons. The molecule has 2 amide bonds. The van der Waals surface area contributed by atoms with Crippen molar-refractivity contribution in [3.8, 4) is 0 Å². The fourth-order valence-corrected chi connectivity index (χ4v) is 2.18. The molecule has 1 heterocycles. The second-order valence-electron chi connectivity index (χ2n) is 4.52. The number of carbonyl (C=O) groups excluding carboxylic acids is 2. The number of nitrogens with two attached hydrogens (primary N) is 1. The number of hydrogen-bond acceptors (Lipinski definition) is 3. The van der Waals surface area contributed by atoms with Crippen molar-refractivity contribution in [1.82, 2.24) is 5.32 Å². The average Bonchev–Trinajstić information content (AvgIpc) is 2.29. The highest BCUT2D eigenvalue weighted by atomic mass is 35.5. The van der Waals surface area contributed by atoms with Crippen molar-refractivity contribution in [2.45, 2.75) is 25.3 Å². The van der Waals surface area contributed by atoms with Crippen LogP contribution in [0, 0.1) is 0 Å². The van der Waals surface area contributed by atoms with Gasteiger partial charge in [-0.05, 0) is 18.6 Å². The first-order chi connectivity index (χ1) is 8.99. The van der Waals surface area contributed by atoms with Gasteiger partial charge in [-0.2, -0.15) is 4.99 Å². The van der Waals surface area contributed by atoms with Gasteiger partial charge in [-0.15, -0.1) is 0 Å². The van der Waals surface area contributed by atoms with Gasteiger partial charge in [0.05, 0.1) is 0 Å². The van der Waals surface area contributed by atoms with E-state index in [4.69, 9.17) is 17.3 Å². The van der Waals surface area contributed by atoms with Crippen LogP contribution < -0.4 is 11.1 Å². The third kappa shape index (κ3) is 3.00. The molecule has 1 aliphatic rings. The molecule has 5 nitrogen and oxygen atoms in total. The molecule has 2 rings (SSSR count). The lowest BCUT2D eigenvalue weighted by molar-refractivity contribution is -0.129. The second-order valence-corrected chi connectivity index (χ2v) is 4.93. The summed E-state index contributed by atoms with van der Waals surface area (Å²) in [5, 5.41) is 2.98. The van der Waals surface area contributed by atoms with Gasteiger partial charge in [-0.1, -0.05) is 29.8 Å². The number of halogens is 1. The van der Waals surface area contributed by atoms with Gasteiger partial charge in [0.15, 0.2) is 0 Å². The molecule has 0 fully saturated rings. The summed E-state index contributed by atoms with van der Waals surface area (Å²) >= 11 is 6.01. The zero-order chi connectivity index (χ0) is 14.0. The maximum atomic E-state index is 12.0. The van der Waals surface area contributed by atoms with Crippen LogP contribution in [0.5, 0.6) is 0 Å². The zero-order valence-electron chi connectivity index (χ0n) is 10.4. The van der Waals surface area contributed by atoms with Crippen LogP contribution in [0.3, 0.4) is 0 Å². The summed E-state index contributed by atoms with van der Waals surface area (Å²) in [6.07, 6.45) is 0.354. The van der Waals surface area contributed by atoms with Gasteiger partial charge in [-0.3, -0.25) is 9.59 Å². The minimum atomic E-state index is -0.981. The predicted molar refractivity (Wildman–Crippen MR) is 73.0 cm³/mol. The first-order valence-electron chi connectivity index (χ1n) is 5.91. The quantitative estimate of drug-likeness (QED) is 0.816. The van der Waals surface area contributed by atoms with Crippen molar-refractivity contribution in [1.29, 1.82) is 0 Å². The number of carbonyl (C=O) groups is 2. The number of hydrogen-bond donors (Lipinski definition) is 2. The Bertz CT molecular complexity index is 555. The molecule has 100 valence electrons. The minimum absolute atomic E-state index is 0.177. The van der Waals surface area contributed by atoms with Gasteiger partial charge in [0.1, 0.15) is 11.8 Å². The molecule has 0 bridgehead atoms. The van der Waals surface area contributed by atoms with E-state index in [1.165, 1.54) is 0 Å². The predicted octanol–water partition coefficient (Wildman–Crippen LogP) is 1.22. The van der Waals surface area contributed by atoms with Gasteiger partial charge >= 0.3 is 0 Å². The Morgan fingerprint density at radius 3 is 2.68 bits per heavy atom. The zero-order valence-corrected chi connectivity index (χ0v) is 11.1. The summed E-state index contributed by atoms with van der Waals surface area (Å²) in [5.41, 5.74) is 6.09. The lowest BCUT2D eigenvalue weighted by Crippen LogP contribution is -2.44. The summed E-state index contributed by atoms with van der Waals surface area (Å²) in [6.45, 7) is 1.78. The highest BCUT2D eigenvalue weighted by Gasteiger charge is 2.34. The summed E-state index contributed by atoms with van der Waals surface area (Å²) < 4.78 is 0. The van der Waals surface area contributed by atoms with Crippen LogP contribution >= 0.6 is 11.6 Å². The van der Waals surface area contributed by atoms with Crippen molar-refractivity contribution in [2.24, 2.45) is 10.7 Å². The molecular weight excluding hydrogens is 266 g/mol. The number of rotatable bonds is 3. The van der Waals surface area contributed by atoms with Gasteiger partial charge in [-0.25, -0.2) is 0 Å². The molecule has 2 atom stereocenters. The van der Waals surface area contributed by atoms with Gasteiger partial charge in [0.2, 0.25) is 5.91 Å². The summed E-state index contributed by atoms with van der Waals surface area (Å²) in [5.74, 6) is -1.59. The lowest BCUT2D eigenvalue weighted by Gasteiger charge is -2.21. The van der Waals surface area contributed by atoms with Crippen molar-refractivity contribution in [3.05, 3.63) is 34.9 Å². The van der Waals surface area contributed by atoms with Crippen molar-refractivity contribution < 1.29 is 9.59 Å². The average molecular weight is 280 g/mol. The van der Waals surface area contributed by atoms with Crippen molar-refractivity contribution >= 4 is 29.3 Å². The van der Waals surface area contributed by atoms with Crippen LogP contribution in [-0.4, -0.2) is 23.7 Å². The Labute approximate surface area is 115 Å². The van der Waals surface area contributed by atoms with Gasteiger partial charge < -0.3 is 11.1 Å². The Morgan fingerprint density at radius 2 is 2.11 bits per heavy atom. The largest absolute Gasteiger partial charge is 0.328 e.